The minimum atomic E-state index is 0.596. The van der Waals surface area contributed by atoms with Crippen LogP contribution in [0.4, 0.5) is 0 Å². The fourth-order valence-electron chi connectivity index (χ4n) is 4.04. The predicted octanol–water partition coefficient (Wildman–Crippen LogP) is 5.05. The first-order valence-electron chi connectivity index (χ1n) is 6.89. The van der Waals surface area contributed by atoms with Crippen LogP contribution in [0.25, 0.3) is 0 Å². The first-order valence-corrected chi connectivity index (χ1v) is 8.83. The molecule has 2 aliphatic carbocycles. The second-order valence-corrected chi connectivity index (χ2v) is 7.79. The zero-order valence-corrected chi connectivity index (χ0v) is 12.9. The minimum absolute atomic E-state index is 0.596. The summed E-state index contributed by atoms with van der Waals surface area (Å²) >= 11 is 5.86. The molecule has 0 aliphatic heterocycles. The quantitative estimate of drug-likeness (QED) is 0.682. The molecule has 17 heavy (non-hydrogen) atoms. The van der Waals surface area contributed by atoms with Gasteiger partial charge in [-0.05, 0) is 61.5 Å². The first kappa shape index (κ1) is 12.2. The lowest BCUT2D eigenvalue weighted by Crippen LogP contribution is -2.31. The van der Waals surface area contributed by atoms with E-state index < -0.39 is 0 Å². The van der Waals surface area contributed by atoms with E-state index in [4.69, 9.17) is 0 Å². The number of hydrogen-bond donors (Lipinski definition) is 0. The van der Waals surface area contributed by atoms with Gasteiger partial charge in [0, 0.05) is 15.1 Å². The van der Waals surface area contributed by atoms with E-state index in [0.29, 0.717) is 5.41 Å². The van der Waals surface area contributed by atoms with Crippen molar-refractivity contribution in [3.63, 3.8) is 0 Å². The van der Waals surface area contributed by atoms with Crippen LogP contribution in [0.1, 0.15) is 42.4 Å². The zero-order chi connectivity index (χ0) is 11.9. The molecule has 3 rings (SSSR count). The summed E-state index contributed by atoms with van der Waals surface area (Å²) in [6.07, 6.45) is 8.49. The fourth-order valence-corrected chi connectivity index (χ4v) is 6.04. The van der Waals surface area contributed by atoms with Gasteiger partial charge in [0.25, 0.3) is 0 Å². The normalized spacial score (nSPS) is 35.6. The number of thiophene rings is 1. The van der Waals surface area contributed by atoms with Crippen molar-refractivity contribution < 1.29 is 0 Å². The largest absolute Gasteiger partial charge is 0.145 e. The number of halogens is 1. The zero-order valence-electron chi connectivity index (χ0n) is 10.5. The summed E-state index contributed by atoms with van der Waals surface area (Å²) in [5.41, 5.74) is 0.596. The molecule has 0 amide bonds. The molecule has 3 unspecified atom stereocenters. The number of hydrogen-bond acceptors (Lipinski definition) is 1. The highest BCUT2D eigenvalue weighted by Crippen LogP contribution is 2.58. The van der Waals surface area contributed by atoms with Crippen molar-refractivity contribution in [1.29, 1.82) is 0 Å². The summed E-state index contributed by atoms with van der Waals surface area (Å²) < 4.78 is 0. The monoisotopic (exact) mass is 312 g/mol. The Morgan fingerprint density at radius 2 is 2.18 bits per heavy atom. The molecule has 94 valence electrons. The van der Waals surface area contributed by atoms with Crippen LogP contribution < -0.4 is 0 Å². The molecule has 3 atom stereocenters. The van der Waals surface area contributed by atoms with Gasteiger partial charge < -0.3 is 0 Å². The van der Waals surface area contributed by atoms with Crippen molar-refractivity contribution >= 4 is 27.3 Å². The lowest BCUT2D eigenvalue weighted by atomic mass is 9.72. The Kier molecular flexibility index (Phi) is 3.38. The predicted molar refractivity (Wildman–Crippen MR) is 79.1 cm³/mol. The van der Waals surface area contributed by atoms with E-state index in [0.717, 1.165) is 11.8 Å². The van der Waals surface area contributed by atoms with Gasteiger partial charge in [0.1, 0.15) is 0 Å². The van der Waals surface area contributed by atoms with Crippen molar-refractivity contribution in [3.8, 4) is 0 Å². The molecule has 0 nitrogen and oxygen atoms in total. The van der Waals surface area contributed by atoms with Crippen LogP contribution in [-0.2, 0) is 12.8 Å². The van der Waals surface area contributed by atoms with Crippen molar-refractivity contribution in [2.75, 3.05) is 5.33 Å². The van der Waals surface area contributed by atoms with Gasteiger partial charge in [-0.3, -0.25) is 0 Å². The van der Waals surface area contributed by atoms with E-state index in [1.54, 1.807) is 9.75 Å². The Balaban J connectivity index is 1.78. The van der Waals surface area contributed by atoms with Crippen molar-refractivity contribution in [2.45, 2.75) is 45.4 Å². The maximum atomic E-state index is 3.82. The molecular weight excluding hydrogens is 292 g/mol. The van der Waals surface area contributed by atoms with E-state index in [1.807, 2.05) is 11.3 Å². The van der Waals surface area contributed by atoms with E-state index in [9.17, 15) is 0 Å². The molecule has 0 aromatic carbocycles. The number of aryl methyl sites for hydroxylation is 1. The number of fused-ring (bicyclic) bond motifs is 2. The molecule has 2 fully saturated rings. The highest BCUT2D eigenvalue weighted by atomic mass is 79.9. The number of rotatable bonds is 4. The third kappa shape index (κ3) is 2.12. The van der Waals surface area contributed by atoms with E-state index >= 15 is 0 Å². The smallest absolute Gasteiger partial charge is 0.00942 e. The van der Waals surface area contributed by atoms with Gasteiger partial charge in [0.05, 0.1) is 0 Å². The van der Waals surface area contributed by atoms with E-state index in [1.165, 1.54) is 43.9 Å². The average Bonchev–Trinajstić information content (AvgIpc) is 3.04. The molecular formula is C15H21BrS. The van der Waals surface area contributed by atoms with E-state index in [-0.39, 0.29) is 0 Å². The van der Waals surface area contributed by atoms with Crippen LogP contribution in [0, 0.1) is 17.3 Å². The van der Waals surface area contributed by atoms with Crippen molar-refractivity contribution in [1.82, 2.24) is 0 Å². The maximum Gasteiger partial charge on any atom is 0.00942 e. The fraction of sp³-hybridized carbons (Fsp3) is 0.733. The van der Waals surface area contributed by atoms with Gasteiger partial charge in [-0.1, -0.05) is 29.3 Å². The molecule has 0 N–H and O–H groups in total. The summed E-state index contributed by atoms with van der Waals surface area (Å²) in [4.78, 5) is 3.17. The summed E-state index contributed by atoms with van der Waals surface area (Å²) in [5, 5.41) is 1.21. The SMILES string of the molecule is CCc1ccc(CC2(CBr)CC3CCC2C3)s1. The third-order valence-electron chi connectivity index (χ3n) is 4.96. The van der Waals surface area contributed by atoms with Gasteiger partial charge in [-0.25, -0.2) is 0 Å². The second kappa shape index (κ2) is 4.70. The molecule has 0 radical (unpaired) electrons. The van der Waals surface area contributed by atoms with Gasteiger partial charge in [0.15, 0.2) is 0 Å². The molecule has 2 heteroatoms. The Labute approximate surface area is 117 Å². The van der Waals surface area contributed by atoms with Crippen LogP contribution >= 0.6 is 27.3 Å². The first-order chi connectivity index (χ1) is 8.25. The van der Waals surface area contributed by atoms with Gasteiger partial charge in [-0.2, -0.15) is 0 Å². The summed E-state index contributed by atoms with van der Waals surface area (Å²) in [6.45, 7) is 2.26. The standard InChI is InChI=1S/C15H21BrS/c1-2-13-5-6-14(17-13)9-15(10-16)8-11-3-4-12(15)7-11/h5-6,11-12H,2-4,7-10H2,1H3. The van der Waals surface area contributed by atoms with Crippen LogP contribution in [0.5, 0.6) is 0 Å². The molecule has 2 aliphatic rings. The van der Waals surface area contributed by atoms with Crippen LogP contribution in [-0.4, -0.2) is 5.33 Å². The highest BCUT2D eigenvalue weighted by molar-refractivity contribution is 9.09. The number of alkyl halides is 1. The average molecular weight is 313 g/mol. The Bertz CT molecular complexity index is 397. The summed E-state index contributed by atoms with van der Waals surface area (Å²) in [6, 6.07) is 4.70. The molecule has 1 aromatic rings. The van der Waals surface area contributed by atoms with Crippen LogP contribution in [0.15, 0.2) is 12.1 Å². The molecule has 1 heterocycles. The topological polar surface area (TPSA) is 0 Å². The lowest BCUT2D eigenvalue weighted by molar-refractivity contribution is 0.198. The van der Waals surface area contributed by atoms with Crippen molar-refractivity contribution in [3.05, 3.63) is 21.9 Å². The molecule has 0 spiro atoms. The second-order valence-electron chi connectivity index (χ2n) is 5.97. The van der Waals surface area contributed by atoms with Crippen LogP contribution in [0.3, 0.4) is 0 Å². The minimum Gasteiger partial charge on any atom is -0.145 e. The molecule has 1 aromatic heterocycles. The third-order valence-corrected chi connectivity index (χ3v) is 7.31. The van der Waals surface area contributed by atoms with Crippen molar-refractivity contribution in [2.24, 2.45) is 17.3 Å². The van der Waals surface area contributed by atoms with Gasteiger partial charge in [-0.15, -0.1) is 11.3 Å². The molecule has 2 bridgehead atoms. The molecule has 2 saturated carbocycles. The van der Waals surface area contributed by atoms with E-state index in [2.05, 4.69) is 35.0 Å². The lowest BCUT2D eigenvalue weighted by Gasteiger charge is -2.36. The highest BCUT2D eigenvalue weighted by Gasteiger charge is 2.50. The Hall–Kier alpha value is 0.180. The van der Waals surface area contributed by atoms with Gasteiger partial charge >= 0.3 is 0 Å². The van der Waals surface area contributed by atoms with Crippen LogP contribution in [0.2, 0.25) is 0 Å². The summed E-state index contributed by atoms with van der Waals surface area (Å²) in [7, 11) is 0. The Morgan fingerprint density at radius 1 is 1.35 bits per heavy atom. The maximum absolute atomic E-state index is 3.82. The Morgan fingerprint density at radius 3 is 2.71 bits per heavy atom. The summed E-state index contributed by atoms with van der Waals surface area (Å²) in [5.74, 6) is 2.04. The molecule has 0 saturated heterocycles. The van der Waals surface area contributed by atoms with Gasteiger partial charge in [0.2, 0.25) is 0 Å².